The number of aromatic nitrogens is 2. The van der Waals surface area contributed by atoms with Crippen molar-refractivity contribution in [2.45, 2.75) is 17.9 Å². The minimum absolute atomic E-state index is 0.326. The fourth-order valence-corrected chi connectivity index (χ4v) is 3.00. The van der Waals surface area contributed by atoms with E-state index in [4.69, 9.17) is 0 Å². The van der Waals surface area contributed by atoms with Gasteiger partial charge in [0, 0.05) is 37.7 Å². The van der Waals surface area contributed by atoms with Crippen LogP contribution in [-0.4, -0.2) is 24.9 Å². The summed E-state index contributed by atoms with van der Waals surface area (Å²) in [7, 11) is -4.67. The van der Waals surface area contributed by atoms with Crippen molar-refractivity contribution >= 4 is 16.0 Å². The van der Waals surface area contributed by atoms with E-state index >= 15 is 0 Å². The van der Waals surface area contributed by atoms with Crippen molar-refractivity contribution in [2.75, 3.05) is 11.4 Å². The third-order valence-corrected chi connectivity index (χ3v) is 4.72. The number of halogens is 1. The SMILES string of the molecule is O=S(=O)(F)c1ccc(CCN(Cc2ccncc2)c2[c]cccn2)cc1. The molecule has 0 aliphatic heterocycles. The lowest BCUT2D eigenvalue weighted by Gasteiger charge is -2.23. The second-order valence-electron chi connectivity index (χ2n) is 5.71. The molecule has 0 saturated heterocycles. The Morgan fingerprint density at radius 2 is 1.73 bits per heavy atom. The predicted octanol–water partition coefficient (Wildman–Crippen LogP) is 3.18. The minimum atomic E-state index is -4.67. The summed E-state index contributed by atoms with van der Waals surface area (Å²) in [5.41, 5.74) is 2.01. The van der Waals surface area contributed by atoms with E-state index in [1.165, 1.54) is 12.1 Å². The zero-order valence-electron chi connectivity index (χ0n) is 13.9. The lowest BCUT2D eigenvalue weighted by Crippen LogP contribution is -2.26. The van der Waals surface area contributed by atoms with Gasteiger partial charge in [-0.1, -0.05) is 12.1 Å². The summed E-state index contributed by atoms with van der Waals surface area (Å²) in [4.78, 5) is 10.1. The second kappa shape index (κ2) is 8.05. The van der Waals surface area contributed by atoms with Crippen LogP contribution in [0.4, 0.5) is 9.70 Å². The van der Waals surface area contributed by atoms with Gasteiger partial charge in [-0.25, -0.2) is 4.98 Å². The molecule has 0 unspecified atom stereocenters. The molecule has 0 saturated carbocycles. The van der Waals surface area contributed by atoms with E-state index in [0.29, 0.717) is 19.5 Å². The maximum absolute atomic E-state index is 13.0. The number of benzene rings is 1. The van der Waals surface area contributed by atoms with Gasteiger partial charge in [-0.05, 0) is 53.9 Å². The Labute approximate surface area is 152 Å². The third-order valence-electron chi connectivity index (χ3n) is 3.89. The molecule has 0 amide bonds. The monoisotopic (exact) mass is 370 g/mol. The zero-order valence-corrected chi connectivity index (χ0v) is 14.7. The van der Waals surface area contributed by atoms with Crippen LogP contribution in [-0.2, 0) is 23.2 Å². The molecule has 0 bridgehead atoms. The Morgan fingerprint density at radius 3 is 2.35 bits per heavy atom. The van der Waals surface area contributed by atoms with Crippen LogP contribution in [0.3, 0.4) is 0 Å². The molecule has 3 aromatic rings. The molecule has 0 aliphatic carbocycles. The fourth-order valence-electron chi connectivity index (χ4n) is 2.54. The Bertz CT molecular complexity index is 934. The van der Waals surface area contributed by atoms with Crippen LogP contribution in [0, 0.1) is 6.07 Å². The van der Waals surface area contributed by atoms with Crippen molar-refractivity contribution < 1.29 is 12.3 Å². The molecule has 1 radical (unpaired) electrons. The summed E-state index contributed by atoms with van der Waals surface area (Å²) in [5, 5.41) is 0. The first-order chi connectivity index (χ1) is 12.5. The summed E-state index contributed by atoms with van der Waals surface area (Å²) in [6, 6.07) is 16.4. The molecule has 5 nitrogen and oxygen atoms in total. The largest absolute Gasteiger partial charge is 0.351 e. The number of rotatable bonds is 7. The highest BCUT2D eigenvalue weighted by atomic mass is 32.3. The van der Waals surface area contributed by atoms with Crippen LogP contribution >= 0.6 is 0 Å². The number of hydrogen-bond acceptors (Lipinski definition) is 5. The molecule has 2 heterocycles. The Morgan fingerprint density at radius 1 is 1.00 bits per heavy atom. The van der Waals surface area contributed by atoms with E-state index in [1.807, 2.05) is 24.3 Å². The number of pyridine rings is 2. The van der Waals surface area contributed by atoms with Crippen LogP contribution in [0.15, 0.2) is 72.0 Å². The molecule has 26 heavy (non-hydrogen) atoms. The normalized spacial score (nSPS) is 11.3. The first-order valence-corrected chi connectivity index (χ1v) is 9.41. The van der Waals surface area contributed by atoms with Crippen LogP contribution in [0.2, 0.25) is 0 Å². The maximum Gasteiger partial charge on any atom is 0.332 e. The van der Waals surface area contributed by atoms with Gasteiger partial charge in [0.05, 0.1) is 4.90 Å². The molecule has 0 spiro atoms. The Balaban J connectivity index is 1.73. The molecule has 3 rings (SSSR count). The van der Waals surface area contributed by atoms with Crippen molar-refractivity contribution in [2.24, 2.45) is 0 Å². The summed E-state index contributed by atoms with van der Waals surface area (Å²) in [5.74, 6) is 0.729. The molecule has 2 aromatic heterocycles. The Hall–Kier alpha value is -2.80. The topological polar surface area (TPSA) is 63.2 Å². The van der Waals surface area contributed by atoms with Crippen LogP contribution < -0.4 is 4.90 Å². The van der Waals surface area contributed by atoms with Gasteiger partial charge in [-0.2, -0.15) is 8.42 Å². The summed E-state index contributed by atoms with van der Waals surface area (Å²) in [6.45, 7) is 1.30. The average molecular weight is 370 g/mol. The number of hydrogen-bond donors (Lipinski definition) is 0. The average Bonchev–Trinajstić information content (AvgIpc) is 2.66. The summed E-state index contributed by atoms with van der Waals surface area (Å²) >= 11 is 0. The molecular formula is C19H17FN3O2S. The quantitative estimate of drug-likeness (QED) is 0.598. The van der Waals surface area contributed by atoms with Crippen LogP contribution in [0.25, 0.3) is 0 Å². The molecule has 0 aliphatic rings. The minimum Gasteiger partial charge on any atom is -0.351 e. The van der Waals surface area contributed by atoms with Crippen molar-refractivity contribution in [3.63, 3.8) is 0 Å². The van der Waals surface area contributed by atoms with E-state index in [0.717, 1.165) is 16.9 Å². The van der Waals surface area contributed by atoms with Gasteiger partial charge >= 0.3 is 10.2 Å². The van der Waals surface area contributed by atoms with Crippen molar-refractivity contribution in [1.82, 2.24) is 9.97 Å². The zero-order chi connectivity index (χ0) is 18.4. The lowest BCUT2D eigenvalue weighted by molar-refractivity contribution is 0.552. The van der Waals surface area contributed by atoms with E-state index in [1.54, 1.807) is 30.7 Å². The lowest BCUT2D eigenvalue weighted by atomic mass is 10.1. The van der Waals surface area contributed by atoms with E-state index in [-0.39, 0.29) is 4.90 Å². The van der Waals surface area contributed by atoms with E-state index < -0.39 is 10.2 Å². The van der Waals surface area contributed by atoms with Gasteiger partial charge in [0.2, 0.25) is 0 Å². The van der Waals surface area contributed by atoms with Crippen molar-refractivity contribution in [3.05, 3.63) is 84.3 Å². The highest BCUT2D eigenvalue weighted by Gasteiger charge is 2.12. The molecule has 0 N–H and O–H groups in total. The highest BCUT2D eigenvalue weighted by molar-refractivity contribution is 7.86. The van der Waals surface area contributed by atoms with Gasteiger partial charge in [0.15, 0.2) is 0 Å². The van der Waals surface area contributed by atoms with E-state index in [2.05, 4.69) is 20.9 Å². The first kappa shape index (κ1) is 18.0. The molecule has 1 aromatic carbocycles. The predicted molar refractivity (Wildman–Crippen MR) is 96.8 cm³/mol. The van der Waals surface area contributed by atoms with Crippen LogP contribution in [0.5, 0.6) is 0 Å². The number of anilines is 1. The van der Waals surface area contributed by atoms with Gasteiger partial charge in [0.1, 0.15) is 5.82 Å². The maximum atomic E-state index is 13.0. The molecule has 0 fully saturated rings. The third kappa shape index (κ3) is 4.86. The fraction of sp³-hybridized carbons (Fsp3) is 0.158. The Kier molecular flexibility index (Phi) is 5.58. The second-order valence-corrected chi connectivity index (χ2v) is 7.06. The van der Waals surface area contributed by atoms with Gasteiger partial charge < -0.3 is 4.90 Å². The smallest absolute Gasteiger partial charge is 0.332 e. The molecule has 0 atom stereocenters. The molecule has 133 valence electrons. The standard InChI is InChI=1S/C19H17FN3O2S/c20-26(24,25)18-6-4-16(5-7-18)10-14-23(19-3-1-2-11-22-19)15-17-8-12-21-13-9-17/h1-2,4-9,11-13H,10,14-15H2. The van der Waals surface area contributed by atoms with Gasteiger partial charge in [0.25, 0.3) is 0 Å². The van der Waals surface area contributed by atoms with Crippen molar-refractivity contribution in [1.29, 1.82) is 0 Å². The molecule has 7 heteroatoms. The van der Waals surface area contributed by atoms with Gasteiger partial charge in [-0.15, -0.1) is 3.89 Å². The van der Waals surface area contributed by atoms with E-state index in [9.17, 15) is 12.3 Å². The molecular weight excluding hydrogens is 353 g/mol. The number of nitrogens with zero attached hydrogens (tertiary/aromatic N) is 3. The van der Waals surface area contributed by atoms with Gasteiger partial charge in [-0.3, -0.25) is 4.98 Å². The van der Waals surface area contributed by atoms with Crippen LogP contribution in [0.1, 0.15) is 11.1 Å². The summed E-state index contributed by atoms with van der Waals surface area (Å²) in [6.07, 6.45) is 5.85. The highest BCUT2D eigenvalue weighted by Crippen LogP contribution is 2.16. The first-order valence-electron chi connectivity index (χ1n) is 8.02. The summed E-state index contributed by atoms with van der Waals surface area (Å²) < 4.78 is 34.8. The van der Waals surface area contributed by atoms with Crippen molar-refractivity contribution in [3.8, 4) is 0 Å².